The molecule has 0 radical (unpaired) electrons. The van der Waals surface area contributed by atoms with E-state index in [9.17, 15) is 14.7 Å². The predicted octanol–water partition coefficient (Wildman–Crippen LogP) is 5.19. The van der Waals surface area contributed by atoms with E-state index in [0.29, 0.717) is 17.8 Å². The second kappa shape index (κ2) is 12.8. The Morgan fingerprint density at radius 3 is 2.57 bits per heavy atom. The average molecular weight is 388 g/mol. The van der Waals surface area contributed by atoms with E-state index in [1.807, 2.05) is 19.1 Å². The molecule has 0 saturated heterocycles. The number of Topliss-reactive ketones (excluding diaryl/α,β-unsaturated/α-hetero) is 1. The van der Waals surface area contributed by atoms with Gasteiger partial charge in [0, 0.05) is 12.5 Å². The number of hydrogen-bond donors (Lipinski definition) is 2. The van der Waals surface area contributed by atoms with Crippen molar-refractivity contribution in [2.75, 3.05) is 0 Å². The molecule has 0 fully saturated rings. The standard InChI is InChI=1S/C23H33NO4/c1-4-5-6-8-11-17(2)13-14-18(3)22(26)21-20(25)16-19(28-23(21)27)12-9-7-10-15-24/h10,13-16,25H,4-9,11-12,24H2,1-3H3/b15-10+,17-13+,18-14+. The van der Waals surface area contributed by atoms with Crippen LogP contribution in [0.5, 0.6) is 5.75 Å². The van der Waals surface area contributed by atoms with E-state index in [1.165, 1.54) is 37.1 Å². The van der Waals surface area contributed by atoms with Crippen molar-refractivity contribution < 1.29 is 14.3 Å². The highest BCUT2D eigenvalue weighted by Gasteiger charge is 2.20. The fraction of sp³-hybridized carbons (Fsp3) is 0.478. The van der Waals surface area contributed by atoms with Crippen LogP contribution >= 0.6 is 0 Å². The van der Waals surface area contributed by atoms with Crippen LogP contribution in [-0.4, -0.2) is 10.9 Å². The molecule has 0 aliphatic heterocycles. The summed E-state index contributed by atoms with van der Waals surface area (Å²) in [6.45, 7) is 5.84. The maximum atomic E-state index is 12.6. The van der Waals surface area contributed by atoms with Crippen LogP contribution in [0.2, 0.25) is 0 Å². The number of rotatable bonds is 12. The van der Waals surface area contributed by atoms with E-state index in [4.69, 9.17) is 10.2 Å². The lowest BCUT2D eigenvalue weighted by Crippen LogP contribution is -2.16. The zero-order chi connectivity index (χ0) is 20.9. The molecule has 1 heterocycles. The van der Waals surface area contributed by atoms with Gasteiger partial charge in [-0.2, -0.15) is 0 Å². The lowest BCUT2D eigenvalue weighted by molar-refractivity contribution is 0.102. The number of aromatic hydroxyl groups is 1. The highest BCUT2D eigenvalue weighted by Crippen LogP contribution is 2.20. The molecule has 0 unspecified atom stereocenters. The quantitative estimate of drug-likeness (QED) is 0.223. The van der Waals surface area contributed by atoms with Crippen molar-refractivity contribution in [1.82, 2.24) is 0 Å². The first-order valence-corrected chi connectivity index (χ1v) is 10.0. The molecule has 0 bridgehead atoms. The van der Waals surface area contributed by atoms with Gasteiger partial charge in [-0.3, -0.25) is 4.79 Å². The second-order valence-electron chi connectivity index (χ2n) is 7.08. The van der Waals surface area contributed by atoms with Crippen LogP contribution in [0.25, 0.3) is 0 Å². The first kappa shape index (κ1) is 23.5. The van der Waals surface area contributed by atoms with Crippen molar-refractivity contribution in [3.8, 4) is 5.75 Å². The molecule has 28 heavy (non-hydrogen) atoms. The number of aryl methyl sites for hydroxylation is 1. The summed E-state index contributed by atoms with van der Waals surface area (Å²) in [6.07, 6.45) is 14.6. The Balaban J connectivity index is 2.82. The second-order valence-corrected chi connectivity index (χ2v) is 7.08. The summed E-state index contributed by atoms with van der Waals surface area (Å²) < 4.78 is 5.21. The maximum absolute atomic E-state index is 12.6. The number of hydrogen-bond acceptors (Lipinski definition) is 5. The third kappa shape index (κ3) is 7.99. The van der Waals surface area contributed by atoms with Crippen LogP contribution in [0.4, 0.5) is 0 Å². The number of ketones is 1. The molecule has 0 aromatic carbocycles. The summed E-state index contributed by atoms with van der Waals surface area (Å²) in [4.78, 5) is 24.8. The largest absolute Gasteiger partial charge is 0.507 e. The van der Waals surface area contributed by atoms with Gasteiger partial charge in [0.05, 0.1) is 0 Å². The van der Waals surface area contributed by atoms with Crippen LogP contribution in [0.1, 0.15) is 81.8 Å². The number of carbonyl (C=O) groups is 1. The molecule has 1 aromatic rings. The molecule has 154 valence electrons. The molecule has 3 N–H and O–H groups in total. The molecular weight excluding hydrogens is 354 g/mol. The Morgan fingerprint density at radius 1 is 1.18 bits per heavy atom. The average Bonchev–Trinajstić information content (AvgIpc) is 2.66. The van der Waals surface area contributed by atoms with E-state index in [-0.39, 0.29) is 11.3 Å². The van der Waals surface area contributed by atoms with Crippen molar-refractivity contribution in [1.29, 1.82) is 0 Å². The van der Waals surface area contributed by atoms with Gasteiger partial charge in [-0.25, -0.2) is 4.79 Å². The number of nitrogens with two attached hydrogens (primary N) is 1. The lowest BCUT2D eigenvalue weighted by Gasteiger charge is -2.05. The zero-order valence-electron chi connectivity index (χ0n) is 17.3. The Bertz CT molecular complexity index is 784. The monoisotopic (exact) mass is 387 g/mol. The van der Waals surface area contributed by atoms with E-state index >= 15 is 0 Å². The number of carbonyl (C=O) groups excluding carboxylic acids is 1. The molecule has 0 amide bonds. The van der Waals surface area contributed by atoms with Crippen molar-refractivity contribution in [3.05, 3.63) is 63.4 Å². The Labute approximate surface area is 167 Å². The van der Waals surface area contributed by atoms with Gasteiger partial charge in [0.2, 0.25) is 0 Å². The molecule has 1 aromatic heterocycles. The van der Waals surface area contributed by atoms with Gasteiger partial charge in [-0.05, 0) is 51.3 Å². The maximum Gasteiger partial charge on any atom is 0.351 e. The van der Waals surface area contributed by atoms with Gasteiger partial charge in [-0.1, -0.05) is 50.0 Å². The smallest absolute Gasteiger partial charge is 0.351 e. The molecular formula is C23H33NO4. The van der Waals surface area contributed by atoms with Crippen molar-refractivity contribution in [2.24, 2.45) is 5.73 Å². The highest BCUT2D eigenvalue weighted by atomic mass is 16.4. The van der Waals surface area contributed by atoms with E-state index in [0.717, 1.165) is 25.7 Å². The molecule has 5 heteroatoms. The SMILES string of the molecule is CCCCCC/C(C)=C/C=C(\C)C(=O)c1c(O)cc(CCC/C=C/N)oc1=O. The number of unbranched alkanes of at least 4 members (excludes halogenated alkanes) is 4. The summed E-state index contributed by atoms with van der Waals surface area (Å²) in [7, 11) is 0. The van der Waals surface area contributed by atoms with Gasteiger partial charge in [0.1, 0.15) is 17.1 Å². The summed E-state index contributed by atoms with van der Waals surface area (Å²) in [5.74, 6) is -0.494. The van der Waals surface area contributed by atoms with Crippen LogP contribution in [0.15, 0.2) is 50.9 Å². The van der Waals surface area contributed by atoms with Crippen LogP contribution < -0.4 is 11.4 Å². The van der Waals surface area contributed by atoms with E-state index in [1.54, 1.807) is 13.0 Å². The van der Waals surface area contributed by atoms with Crippen molar-refractivity contribution >= 4 is 5.78 Å². The van der Waals surface area contributed by atoms with Crippen molar-refractivity contribution in [2.45, 2.75) is 72.1 Å². The number of allylic oxidation sites excluding steroid dienone is 5. The van der Waals surface area contributed by atoms with Gasteiger partial charge in [-0.15, -0.1) is 0 Å². The molecule has 5 nitrogen and oxygen atoms in total. The van der Waals surface area contributed by atoms with E-state index in [2.05, 4.69) is 6.92 Å². The van der Waals surface area contributed by atoms with Crippen LogP contribution in [-0.2, 0) is 6.42 Å². The molecule has 0 saturated carbocycles. The minimum absolute atomic E-state index is 0.312. The summed E-state index contributed by atoms with van der Waals surface area (Å²) in [5, 5.41) is 10.2. The van der Waals surface area contributed by atoms with Gasteiger partial charge in [0.15, 0.2) is 5.78 Å². The molecule has 0 aliphatic carbocycles. The highest BCUT2D eigenvalue weighted by molar-refractivity contribution is 6.09. The fourth-order valence-electron chi connectivity index (χ4n) is 2.81. The molecule has 0 aliphatic rings. The lowest BCUT2D eigenvalue weighted by atomic mass is 10.0. The normalized spacial score (nSPS) is 12.7. The summed E-state index contributed by atoms with van der Waals surface area (Å²) in [6, 6.07) is 1.35. The van der Waals surface area contributed by atoms with Gasteiger partial charge < -0.3 is 15.3 Å². The third-order valence-electron chi connectivity index (χ3n) is 4.54. The van der Waals surface area contributed by atoms with E-state index < -0.39 is 11.4 Å². The van der Waals surface area contributed by atoms with Crippen molar-refractivity contribution in [3.63, 3.8) is 0 Å². The minimum atomic E-state index is -0.803. The van der Waals surface area contributed by atoms with Crippen LogP contribution in [0, 0.1) is 0 Å². The molecule has 1 rings (SSSR count). The molecule has 0 atom stereocenters. The third-order valence-corrected chi connectivity index (χ3v) is 4.54. The Hall–Kier alpha value is -2.56. The zero-order valence-corrected chi connectivity index (χ0v) is 17.3. The molecule has 0 spiro atoms. The minimum Gasteiger partial charge on any atom is -0.507 e. The summed E-state index contributed by atoms with van der Waals surface area (Å²) >= 11 is 0. The first-order valence-electron chi connectivity index (χ1n) is 10.0. The van der Waals surface area contributed by atoms with Gasteiger partial charge >= 0.3 is 5.63 Å². The fourth-order valence-corrected chi connectivity index (χ4v) is 2.81. The first-order chi connectivity index (χ1) is 13.4. The topological polar surface area (TPSA) is 93.5 Å². The Morgan fingerprint density at radius 2 is 1.93 bits per heavy atom. The summed E-state index contributed by atoms with van der Waals surface area (Å²) in [5.41, 5.74) is 5.73. The Kier molecular flexibility index (Phi) is 10.7. The predicted molar refractivity (Wildman–Crippen MR) is 114 cm³/mol. The van der Waals surface area contributed by atoms with Gasteiger partial charge in [0.25, 0.3) is 0 Å². The van der Waals surface area contributed by atoms with Crippen LogP contribution in [0.3, 0.4) is 0 Å².